The highest BCUT2D eigenvalue weighted by Crippen LogP contribution is 2.41. The molecule has 1 unspecified atom stereocenters. The number of nitrogens with one attached hydrogen (secondary N) is 3. The van der Waals surface area contributed by atoms with Crippen LogP contribution in [0.4, 0.5) is 0 Å². The van der Waals surface area contributed by atoms with E-state index in [2.05, 4.69) is 20.6 Å². The highest BCUT2D eigenvalue weighted by Gasteiger charge is 2.36. The number of fused-ring (bicyclic) bond motifs is 1. The van der Waals surface area contributed by atoms with Crippen molar-refractivity contribution in [3.05, 3.63) is 64.6 Å². The first-order chi connectivity index (χ1) is 16.4. The van der Waals surface area contributed by atoms with Crippen LogP contribution in [0.3, 0.4) is 0 Å². The molecule has 1 aromatic carbocycles. The van der Waals surface area contributed by atoms with Gasteiger partial charge in [0.1, 0.15) is 5.69 Å². The lowest BCUT2D eigenvalue weighted by atomic mass is 9.91. The van der Waals surface area contributed by atoms with Crippen LogP contribution in [0.2, 0.25) is 0 Å². The zero-order valence-corrected chi connectivity index (χ0v) is 19.9. The summed E-state index contributed by atoms with van der Waals surface area (Å²) in [5.41, 5.74) is 10.9. The van der Waals surface area contributed by atoms with Gasteiger partial charge < -0.3 is 21.4 Å². The number of amides is 2. The SMILES string of the molecule is Cc1cc(C(=O)N[C@H]2CC[C@H](N)CC2)cnc1C(NC(=O)c1cc2cccc(C)c2[nH]1)C1CC1. The van der Waals surface area contributed by atoms with Crippen LogP contribution in [-0.4, -0.2) is 33.9 Å². The van der Waals surface area contributed by atoms with Crippen LogP contribution in [0.1, 0.15) is 82.2 Å². The maximum atomic E-state index is 13.1. The molecule has 5 N–H and O–H groups in total. The number of para-hydroxylation sites is 1. The largest absolute Gasteiger partial charge is 0.350 e. The Bertz CT molecular complexity index is 1220. The molecule has 2 aliphatic rings. The van der Waals surface area contributed by atoms with Gasteiger partial charge in [0, 0.05) is 29.2 Å². The first kappa shape index (κ1) is 22.6. The van der Waals surface area contributed by atoms with Gasteiger partial charge in [0.15, 0.2) is 0 Å². The monoisotopic (exact) mass is 459 g/mol. The molecule has 3 aromatic rings. The number of pyridine rings is 1. The van der Waals surface area contributed by atoms with E-state index in [-0.39, 0.29) is 29.9 Å². The molecule has 178 valence electrons. The summed E-state index contributed by atoms with van der Waals surface area (Å²) in [6, 6.07) is 10.1. The number of benzene rings is 1. The van der Waals surface area contributed by atoms with Gasteiger partial charge in [-0.2, -0.15) is 0 Å². The van der Waals surface area contributed by atoms with Crippen LogP contribution in [-0.2, 0) is 0 Å². The van der Waals surface area contributed by atoms with Crippen molar-refractivity contribution >= 4 is 22.7 Å². The Balaban J connectivity index is 1.31. The van der Waals surface area contributed by atoms with Gasteiger partial charge in [0.2, 0.25) is 0 Å². The van der Waals surface area contributed by atoms with Crippen molar-refractivity contribution in [2.45, 2.75) is 70.5 Å². The second kappa shape index (κ2) is 9.22. The Labute approximate surface area is 199 Å². The molecule has 0 radical (unpaired) electrons. The van der Waals surface area contributed by atoms with Gasteiger partial charge in [-0.3, -0.25) is 14.6 Å². The molecule has 2 aliphatic carbocycles. The minimum absolute atomic E-state index is 0.0944. The molecule has 7 heteroatoms. The van der Waals surface area contributed by atoms with E-state index in [9.17, 15) is 9.59 Å². The fourth-order valence-electron chi connectivity index (χ4n) is 5.06. The molecule has 0 spiro atoms. The summed E-state index contributed by atoms with van der Waals surface area (Å²) < 4.78 is 0. The number of carbonyl (C=O) groups is 2. The molecule has 2 aromatic heterocycles. The van der Waals surface area contributed by atoms with E-state index in [1.54, 1.807) is 6.20 Å². The quantitative estimate of drug-likeness (QED) is 0.445. The Morgan fingerprint density at radius 3 is 2.47 bits per heavy atom. The minimum atomic E-state index is -0.169. The molecule has 2 fully saturated rings. The van der Waals surface area contributed by atoms with Crippen molar-refractivity contribution in [2.75, 3.05) is 0 Å². The fourth-order valence-corrected chi connectivity index (χ4v) is 5.06. The number of aromatic amines is 1. The van der Waals surface area contributed by atoms with E-state index in [1.807, 2.05) is 44.2 Å². The van der Waals surface area contributed by atoms with Crippen molar-refractivity contribution in [3.8, 4) is 0 Å². The van der Waals surface area contributed by atoms with E-state index < -0.39 is 0 Å². The van der Waals surface area contributed by atoms with Crippen molar-refractivity contribution in [3.63, 3.8) is 0 Å². The number of aryl methyl sites for hydroxylation is 2. The summed E-state index contributed by atoms with van der Waals surface area (Å²) in [6.07, 6.45) is 7.48. The summed E-state index contributed by atoms with van der Waals surface area (Å²) in [5.74, 6) is 0.140. The van der Waals surface area contributed by atoms with E-state index in [1.165, 1.54) is 0 Å². The Hall–Kier alpha value is -3.19. The van der Waals surface area contributed by atoms with Crippen molar-refractivity contribution in [2.24, 2.45) is 11.7 Å². The molecular weight excluding hydrogens is 426 g/mol. The van der Waals surface area contributed by atoms with E-state index in [4.69, 9.17) is 5.73 Å². The van der Waals surface area contributed by atoms with Crippen LogP contribution >= 0.6 is 0 Å². The lowest BCUT2D eigenvalue weighted by Gasteiger charge is -2.27. The van der Waals surface area contributed by atoms with Gasteiger partial charge in [-0.05, 0) is 81.5 Å². The molecule has 5 rings (SSSR count). The standard InChI is InChI=1S/C27H33N5O2/c1-15-4-3-5-18-13-22(31-23(15)18)27(34)32-25(17-6-7-17)24-16(2)12-19(14-29-24)26(33)30-21-10-8-20(28)9-11-21/h3-5,12-14,17,20-21,25,31H,6-11,28H2,1-2H3,(H,30,33)(H,32,34)/t20-,21-,25?. The number of nitrogens with two attached hydrogens (primary N) is 1. The molecule has 0 saturated heterocycles. The highest BCUT2D eigenvalue weighted by molar-refractivity contribution is 5.99. The molecule has 2 amide bonds. The topological polar surface area (TPSA) is 113 Å². The molecule has 0 bridgehead atoms. The van der Waals surface area contributed by atoms with Crippen LogP contribution in [0.5, 0.6) is 0 Å². The van der Waals surface area contributed by atoms with Gasteiger partial charge in [0.25, 0.3) is 11.8 Å². The third kappa shape index (κ3) is 4.71. The number of hydrogen-bond donors (Lipinski definition) is 4. The molecule has 0 aliphatic heterocycles. The van der Waals surface area contributed by atoms with Crippen molar-refractivity contribution < 1.29 is 9.59 Å². The second-order valence-electron chi connectivity index (χ2n) is 10.0. The summed E-state index contributed by atoms with van der Waals surface area (Å²) in [4.78, 5) is 33.9. The predicted molar refractivity (Wildman–Crippen MR) is 133 cm³/mol. The van der Waals surface area contributed by atoms with Crippen molar-refractivity contribution in [1.29, 1.82) is 0 Å². The second-order valence-corrected chi connectivity index (χ2v) is 10.0. The zero-order chi connectivity index (χ0) is 23.8. The van der Waals surface area contributed by atoms with Gasteiger partial charge in [-0.25, -0.2) is 0 Å². The molecule has 1 atom stereocenters. The lowest BCUT2D eigenvalue weighted by Crippen LogP contribution is -2.40. The van der Waals surface area contributed by atoms with E-state index in [0.717, 1.165) is 66.2 Å². The maximum absolute atomic E-state index is 13.1. The van der Waals surface area contributed by atoms with Gasteiger partial charge in [-0.1, -0.05) is 18.2 Å². The van der Waals surface area contributed by atoms with Crippen molar-refractivity contribution in [1.82, 2.24) is 20.6 Å². The summed E-state index contributed by atoms with van der Waals surface area (Å²) in [6.45, 7) is 3.99. The number of nitrogens with zero attached hydrogens (tertiary/aromatic N) is 1. The van der Waals surface area contributed by atoms with E-state index >= 15 is 0 Å². The molecule has 7 nitrogen and oxygen atoms in total. The number of aromatic nitrogens is 2. The number of rotatable bonds is 6. The predicted octanol–water partition coefficient (Wildman–Crippen LogP) is 4.06. The van der Waals surface area contributed by atoms with Crippen LogP contribution in [0.15, 0.2) is 36.5 Å². The summed E-state index contributed by atoms with van der Waals surface area (Å²) >= 11 is 0. The molecular formula is C27H33N5O2. The minimum Gasteiger partial charge on any atom is -0.350 e. The average Bonchev–Trinajstić information content (AvgIpc) is 3.56. The lowest BCUT2D eigenvalue weighted by molar-refractivity contribution is 0.0915. The van der Waals surface area contributed by atoms with Gasteiger partial charge in [0.05, 0.1) is 17.3 Å². The number of carbonyl (C=O) groups excluding carboxylic acids is 2. The zero-order valence-electron chi connectivity index (χ0n) is 19.9. The van der Waals surface area contributed by atoms with E-state index in [0.29, 0.717) is 17.2 Å². The fraction of sp³-hybridized carbons (Fsp3) is 0.444. The Kier molecular flexibility index (Phi) is 6.13. The normalized spacial score (nSPS) is 21.3. The first-order valence-corrected chi connectivity index (χ1v) is 12.3. The van der Waals surface area contributed by atoms with Crippen LogP contribution in [0.25, 0.3) is 10.9 Å². The highest BCUT2D eigenvalue weighted by atomic mass is 16.2. The average molecular weight is 460 g/mol. The Morgan fingerprint density at radius 1 is 1.03 bits per heavy atom. The third-order valence-electron chi connectivity index (χ3n) is 7.27. The smallest absolute Gasteiger partial charge is 0.268 e. The molecule has 2 saturated carbocycles. The van der Waals surface area contributed by atoms with Gasteiger partial charge in [-0.15, -0.1) is 0 Å². The number of hydrogen-bond acceptors (Lipinski definition) is 4. The third-order valence-corrected chi connectivity index (χ3v) is 7.27. The summed E-state index contributed by atoms with van der Waals surface area (Å²) in [5, 5.41) is 7.36. The molecule has 34 heavy (non-hydrogen) atoms. The number of H-pyrrole nitrogens is 1. The maximum Gasteiger partial charge on any atom is 0.268 e. The van der Waals surface area contributed by atoms with Gasteiger partial charge >= 0.3 is 0 Å². The Morgan fingerprint density at radius 2 is 1.79 bits per heavy atom. The summed E-state index contributed by atoms with van der Waals surface area (Å²) in [7, 11) is 0. The van der Waals surface area contributed by atoms with Crippen LogP contribution < -0.4 is 16.4 Å². The first-order valence-electron chi connectivity index (χ1n) is 12.3. The molecule has 2 heterocycles. The van der Waals surface area contributed by atoms with Crippen LogP contribution in [0, 0.1) is 19.8 Å².